The van der Waals surface area contributed by atoms with Crippen molar-refractivity contribution in [2.24, 2.45) is 11.8 Å². The van der Waals surface area contributed by atoms with E-state index in [2.05, 4.69) is 41.2 Å². The average molecular weight is 225 g/mol. The molecule has 1 aromatic carbocycles. The predicted molar refractivity (Wildman–Crippen MR) is 70.7 cm³/mol. The van der Waals surface area contributed by atoms with Crippen LogP contribution < -0.4 is 0 Å². The first-order chi connectivity index (χ1) is 8.38. The fraction of sp³-hybridized carbons (Fsp3) is 0.500. The van der Waals surface area contributed by atoms with Crippen LogP contribution in [0.25, 0.3) is 0 Å². The molecule has 17 heavy (non-hydrogen) atoms. The van der Waals surface area contributed by atoms with Gasteiger partial charge in [0.2, 0.25) is 0 Å². The normalized spacial score (nSPS) is 35.5. The smallest absolute Gasteiger partial charge is 0.0129 e. The van der Waals surface area contributed by atoms with Crippen molar-refractivity contribution in [2.45, 2.75) is 18.8 Å². The number of nitrogens with zero attached hydrogens (tertiary/aromatic N) is 1. The van der Waals surface area contributed by atoms with Crippen molar-refractivity contribution in [3.05, 3.63) is 35.9 Å². The summed E-state index contributed by atoms with van der Waals surface area (Å²) >= 11 is 0. The van der Waals surface area contributed by atoms with Crippen LogP contribution in [-0.4, -0.2) is 24.5 Å². The van der Waals surface area contributed by atoms with E-state index in [0.29, 0.717) is 11.8 Å². The second-order valence-corrected chi connectivity index (χ2v) is 5.40. The molecule has 2 bridgehead atoms. The summed E-state index contributed by atoms with van der Waals surface area (Å²) < 4.78 is 0. The Hall–Kier alpha value is -1.26. The van der Waals surface area contributed by atoms with Crippen LogP contribution in [0.5, 0.6) is 0 Å². The van der Waals surface area contributed by atoms with Gasteiger partial charge in [0, 0.05) is 19.5 Å². The van der Waals surface area contributed by atoms with Crippen LogP contribution in [0.15, 0.2) is 30.3 Å². The highest BCUT2D eigenvalue weighted by molar-refractivity contribution is 5.23. The zero-order chi connectivity index (χ0) is 11.7. The first kappa shape index (κ1) is 10.9. The molecular weight excluding hydrogens is 206 g/mol. The van der Waals surface area contributed by atoms with E-state index in [1.54, 1.807) is 0 Å². The van der Waals surface area contributed by atoms with Crippen LogP contribution in [0.3, 0.4) is 0 Å². The Morgan fingerprint density at radius 3 is 2.76 bits per heavy atom. The zero-order valence-corrected chi connectivity index (χ0v) is 10.2. The van der Waals surface area contributed by atoms with Crippen LogP contribution in [0.2, 0.25) is 0 Å². The highest BCUT2D eigenvalue weighted by Crippen LogP contribution is 2.43. The maximum absolute atomic E-state index is 5.51. The standard InChI is InChI=1S/C16H19N/c1-2-6-14-11-17-10-9-15(14)16(12-17)13-7-4-3-5-8-13/h1,3-5,7-8,14-16H,6,9-12H2. The van der Waals surface area contributed by atoms with Crippen LogP contribution in [0.1, 0.15) is 24.3 Å². The molecule has 1 aromatic rings. The van der Waals surface area contributed by atoms with Gasteiger partial charge >= 0.3 is 0 Å². The molecule has 3 fully saturated rings. The highest BCUT2D eigenvalue weighted by atomic mass is 15.2. The molecular formula is C16H19N. The number of hydrogen-bond donors (Lipinski definition) is 0. The summed E-state index contributed by atoms with van der Waals surface area (Å²) in [4.78, 5) is 2.60. The number of rotatable bonds is 2. The number of benzene rings is 1. The molecule has 0 saturated carbocycles. The van der Waals surface area contributed by atoms with E-state index in [-0.39, 0.29) is 0 Å². The topological polar surface area (TPSA) is 3.24 Å². The van der Waals surface area contributed by atoms with Crippen molar-refractivity contribution >= 4 is 0 Å². The van der Waals surface area contributed by atoms with E-state index in [4.69, 9.17) is 6.42 Å². The lowest BCUT2D eigenvalue weighted by Gasteiger charge is -2.49. The monoisotopic (exact) mass is 225 g/mol. The van der Waals surface area contributed by atoms with Crippen LogP contribution in [0.4, 0.5) is 0 Å². The molecule has 1 heteroatoms. The van der Waals surface area contributed by atoms with Crippen LogP contribution in [-0.2, 0) is 0 Å². The molecule has 0 radical (unpaired) electrons. The Morgan fingerprint density at radius 1 is 1.24 bits per heavy atom. The molecule has 0 aromatic heterocycles. The maximum Gasteiger partial charge on any atom is 0.0129 e. The number of hydrogen-bond acceptors (Lipinski definition) is 1. The fourth-order valence-corrected chi connectivity index (χ4v) is 3.65. The summed E-state index contributed by atoms with van der Waals surface area (Å²) in [6, 6.07) is 11.0. The van der Waals surface area contributed by atoms with Gasteiger partial charge in [0.05, 0.1) is 0 Å². The maximum atomic E-state index is 5.51. The van der Waals surface area contributed by atoms with Crippen molar-refractivity contribution in [2.75, 3.05) is 19.6 Å². The molecule has 0 N–H and O–H groups in total. The van der Waals surface area contributed by atoms with E-state index < -0.39 is 0 Å². The van der Waals surface area contributed by atoms with Crippen molar-refractivity contribution in [3.8, 4) is 12.3 Å². The molecule has 3 aliphatic rings. The van der Waals surface area contributed by atoms with Crippen molar-refractivity contribution in [1.82, 2.24) is 4.90 Å². The van der Waals surface area contributed by atoms with Gasteiger partial charge in [-0.15, -0.1) is 12.3 Å². The van der Waals surface area contributed by atoms with E-state index >= 15 is 0 Å². The first-order valence-corrected chi connectivity index (χ1v) is 6.59. The minimum absolute atomic E-state index is 0.706. The van der Waals surface area contributed by atoms with Gasteiger partial charge in [0.15, 0.2) is 0 Å². The average Bonchev–Trinajstić information content (AvgIpc) is 2.41. The molecule has 0 aliphatic carbocycles. The van der Waals surface area contributed by atoms with Crippen LogP contribution in [0, 0.1) is 24.2 Å². The number of fused-ring (bicyclic) bond motifs is 3. The van der Waals surface area contributed by atoms with Crippen molar-refractivity contribution in [1.29, 1.82) is 0 Å². The quantitative estimate of drug-likeness (QED) is 0.700. The molecule has 4 rings (SSSR count). The van der Waals surface area contributed by atoms with E-state index in [0.717, 1.165) is 12.3 Å². The molecule has 3 aliphatic heterocycles. The second kappa shape index (κ2) is 4.55. The Morgan fingerprint density at radius 2 is 2.06 bits per heavy atom. The largest absolute Gasteiger partial charge is 0.302 e. The number of piperidine rings is 3. The summed E-state index contributed by atoms with van der Waals surface area (Å²) in [6.07, 6.45) is 7.78. The molecule has 1 nitrogen and oxygen atoms in total. The Kier molecular flexibility index (Phi) is 2.91. The molecule has 4 unspecified atom stereocenters. The molecule has 0 spiro atoms. The van der Waals surface area contributed by atoms with Gasteiger partial charge in [-0.05, 0) is 36.3 Å². The van der Waals surface area contributed by atoms with Gasteiger partial charge < -0.3 is 4.90 Å². The Bertz CT molecular complexity index is 417. The molecule has 4 atom stereocenters. The number of terminal acetylenes is 1. The van der Waals surface area contributed by atoms with E-state index in [1.807, 2.05) is 0 Å². The first-order valence-electron chi connectivity index (χ1n) is 6.59. The third-order valence-corrected chi connectivity index (χ3v) is 4.46. The van der Waals surface area contributed by atoms with Crippen LogP contribution >= 0.6 is 0 Å². The Labute approximate surface area is 104 Å². The van der Waals surface area contributed by atoms with Gasteiger partial charge in [-0.25, -0.2) is 0 Å². The SMILES string of the molecule is C#CCC1CN2CCC1C(c1ccccc1)C2. The lowest BCUT2D eigenvalue weighted by atomic mass is 9.69. The lowest BCUT2D eigenvalue weighted by molar-refractivity contribution is 0.0322. The Balaban J connectivity index is 1.85. The van der Waals surface area contributed by atoms with Gasteiger partial charge in [-0.1, -0.05) is 30.3 Å². The lowest BCUT2D eigenvalue weighted by Crippen LogP contribution is -2.51. The molecule has 0 amide bonds. The predicted octanol–water partition coefficient (Wildman–Crippen LogP) is 2.75. The minimum Gasteiger partial charge on any atom is -0.302 e. The summed E-state index contributed by atoms with van der Waals surface area (Å²) in [6.45, 7) is 3.73. The molecule has 88 valence electrons. The van der Waals surface area contributed by atoms with E-state index in [1.165, 1.54) is 31.6 Å². The second-order valence-electron chi connectivity index (χ2n) is 5.40. The summed E-state index contributed by atoms with van der Waals surface area (Å²) in [5.74, 6) is 5.09. The molecule has 3 heterocycles. The van der Waals surface area contributed by atoms with Crippen molar-refractivity contribution in [3.63, 3.8) is 0 Å². The summed E-state index contributed by atoms with van der Waals surface area (Å²) in [5, 5.41) is 0. The molecule has 3 saturated heterocycles. The van der Waals surface area contributed by atoms with Gasteiger partial charge in [0.25, 0.3) is 0 Å². The van der Waals surface area contributed by atoms with Gasteiger partial charge in [-0.3, -0.25) is 0 Å². The third-order valence-electron chi connectivity index (χ3n) is 4.46. The fourth-order valence-electron chi connectivity index (χ4n) is 3.65. The highest BCUT2D eigenvalue weighted by Gasteiger charge is 2.40. The van der Waals surface area contributed by atoms with Crippen molar-refractivity contribution < 1.29 is 0 Å². The summed E-state index contributed by atoms with van der Waals surface area (Å²) in [5.41, 5.74) is 1.50. The summed E-state index contributed by atoms with van der Waals surface area (Å²) in [7, 11) is 0. The van der Waals surface area contributed by atoms with Gasteiger partial charge in [-0.2, -0.15) is 0 Å². The zero-order valence-electron chi connectivity index (χ0n) is 10.2. The minimum atomic E-state index is 0.706. The third kappa shape index (κ3) is 1.98. The van der Waals surface area contributed by atoms with E-state index in [9.17, 15) is 0 Å². The van der Waals surface area contributed by atoms with Gasteiger partial charge in [0.1, 0.15) is 0 Å².